The molecule has 0 spiro atoms. The second kappa shape index (κ2) is 18.0. The molecule has 0 aliphatic carbocycles. The van der Waals surface area contributed by atoms with Crippen LogP contribution in [0.15, 0.2) is 35.4 Å². The van der Waals surface area contributed by atoms with Crippen LogP contribution in [-0.2, 0) is 71.3 Å². The number of hydrogen-bond donors (Lipinski definition) is 1. The van der Waals surface area contributed by atoms with Gasteiger partial charge in [-0.25, -0.2) is 0 Å². The fraction of sp³-hybridized carbons (Fsp3) is 0.645. The number of azide groups is 1. The van der Waals surface area contributed by atoms with E-state index in [0.717, 1.165) is 27.7 Å². The minimum atomic E-state index is -1.62. The fourth-order valence-electron chi connectivity index (χ4n) is 5.75. The smallest absolute Gasteiger partial charge is 0.303 e. The predicted octanol–water partition coefficient (Wildman–Crippen LogP) is 1.13. The Morgan fingerprint density at radius 1 is 0.840 bits per heavy atom. The van der Waals surface area contributed by atoms with Crippen molar-refractivity contribution in [2.75, 3.05) is 26.4 Å². The molecule has 50 heavy (non-hydrogen) atoms. The van der Waals surface area contributed by atoms with Gasteiger partial charge < -0.3 is 52.7 Å². The average Bonchev–Trinajstić information content (AvgIpc) is 3.05. The zero-order valence-corrected chi connectivity index (χ0v) is 28.0. The molecule has 1 amide bonds. The number of ether oxygens (including phenoxy) is 10. The Labute approximate surface area is 286 Å². The third-order valence-electron chi connectivity index (χ3n) is 7.56. The number of benzene rings is 1. The predicted molar refractivity (Wildman–Crippen MR) is 163 cm³/mol. The van der Waals surface area contributed by atoms with E-state index >= 15 is 0 Å². The topological polar surface area (TPSA) is 238 Å². The molecule has 3 heterocycles. The van der Waals surface area contributed by atoms with E-state index in [2.05, 4.69) is 15.3 Å². The van der Waals surface area contributed by atoms with Gasteiger partial charge in [-0.3, -0.25) is 24.0 Å². The van der Waals surface area contributed by atoms with Crippen molar-refractivity contribution in [2.45, 2.75) is 102 Å². The van der Waals surface area contributed by atoms with E-state index in [-0.39, 0.29) is 19.8 Å². The largest absolute Gasteiger partial charge is 0.463 e. The summed E-state index contributed by atoms with van der Waals surface area (Å²) in [4.78, 5) is 64.1. The summed E-state index contributed by atoms with van der Waals surface area (Å²) in [6.07, 6.45) is -12.6. The number of nitrogens with one attached hydrogen (secondary N) is 1. The number of carbonyl (C=O) groups excluding carboxylic acids is 5. The second-order valence-corrected chi connectivity index (χ2v) is 11.4. The van der Waals surface area contributed by atoms with Crippen LogP contribution >= 0.6 is 0 Å². The maximum atomic E-state index is 12.6. The number of amides is 1. The van der Waals surface area contributed by atoms with Gasteiger partial charge in [0, 0.05) is 51.6 Å². The minimum Gasteiger partial charge on any atom is -0.463 e. The van der Waals surface area contributed by atoms with E-state index in [9.17, 15) is 24.0 Å². The van der Waals surface area contributed by atoms with Crippen LogP contribution in [0.3, 0.4) is 0 Å². The third kappa shape index (κ3) is 10.3. The van der Waals surface area contributed by atoms with Gasteiger partial charge >= 0.3 is 23.9 Å². The van der Waals surface area contributed by atoms with Gasteiger partial charge in [0.2, 0.25) is 5.91 Å². The SMILES string of the molecule is CC(=O)N[C@H]1[C@@H](OCCN=[N+]=[N-])O[C@@H]2CO[C@H](c3ccccc3)O[C@@H]2[C@@H]1O[C@@H]1O[C@H](COC(C)=O)[C@H](OC(C)=O)[C@H](OC(C)=O)[C@H]1OC(C)=O. The highest BCUT2D eigenvalue weighted by Crippen LogP contribution is 2.38. The van der Waals surface area contributed by atoms with Gasteiger partial charge in [-0.1, -0.05) is 35.4 Å². The molecule has 3 saturated heterocycles. The van der Waals surface area contributed by atoms with Crippen molar-refractivity contribution in [2.24, 2.45) is 5.11 Å². The Hall–Kier alpha value is -4.36. The van der Waals surface area contributed by atoms with Gasteiger partial charge in [-0.15, -0.1) is 0 Å². The average molecular weight is 709 g/mol. The summed E-state index contributed by atoms with van der Waals surface area (Å²) in [5, 5.41) is 6.23. The summed E-state index contributed by atoms with van der Waals surface area (Å²) in [6.45, 7) is 5.01. The van der Waals surface area contributed by atoms with E-state index in [4.69, 9.17) is 52.9 Å². The standard InChI is InChI=1S/C31H40N4O15/c1-15(36)34-23-26(24-22(47-30(23)41-12-11-33-35-32)14-43-29(49-24)20-9-7-6-8-10-20)50-31-28(46-19(5)40)27(45-18(4)39)25(44-17(3)38)21(48-31)13-42-16(2)37/h6-10,21-31H,11-14H2,1-5H3,(H,34,36)/t21-,22-,23-,24+,25+,26-,27+,28-,29+,30+,31+/m1/s1. The molecule has 0 saturated carbocycles. The monoisotopic (exact) mass is 708 g/mol. The molecule has 19 heteroatoms. The Bertz CT molecular complexity index is 1410. The van der Waals surface area contributed by atoms with Crippen molar-refractivity contribution in [3.8, 4) is 0 Å². The maximum Gasteiger partial charge on any atom is 0.303 e. The molecule has 3 aliphatic heterocycles. The second-order valence-electron chi connectivity index (χ2n) is 11.4. The number of carbonyl (C=O) groups is 5. The van der Waals surface area contributed by atoms with Crippen molar-refractivity contribution < 1.29 is 71.3 Å². The Morgan fingerprint density at radius 3 is 2.12 bits per heavy atom. The van der Waals surface area contributed by atoms with Gasteiger partial charge in [-0.05, 0) is 5.53 Å². The fourth-order valence-corrected chi connectivity index (χ4v) is 5.75. The normalized spacial score (nSPS) is 31.9. The van der Waals surface area contributed by atoms with Crippen LogP contribution in [-0.4, -0.2) is 117 Å². The summed E-state index contributed by atoms with van der Waals surface area (Å²) in [7, 11) is 0. The zero-order valence-electron chi connectivity index (χ0n) is 28.0. The van der Waals surface area contributed by atoms with E-state index in [1.807, 2.05) is 6.07 Å². The number of esters is 4. The lowest BCUT2D eigenvalue weighted by atomic mass is 9.94. The van der Waals surface area contributed by atoms with Gasteiger partial charge in [0.05, 0.1) is 13.2 Å². The molecular formula is C31H40N4O15. The molecule has 3 aliphatic rings. The molecule has 0 bridgehead atoms. The molecule has 0 aromatic heterocycles. The summed E-state index contributed by atoms with van der Waals surface area (Å²) in [6, 6.07) is 7.85. The highest BCUT2D eigenvalue weighted by atomic mass is 16.8. The molecule has 1 aromatic carbocycles. The highest BCUT2D eigenvalue weighted by Gasteiger charge is 2.57. The van der Waals surface area contributed by atoms with Crippen LogP contribution < -0.4 is 5.32 Å². The molecule has 0 radical (unpaired) electrons. The Morgan fingerprint density at radius 2 is 1.50 bits per heavy atom. The third-order valence-corrected chi connectivity index (χ3v) is 7.56. The van der Waals surface area contributed by atoms with Gasteiger partial charge in [-0.2, -0.15) is 0 Å². The highest BCUT2D eigenvalue weighted by molar-refractivity contribution is 5.73. The molecule has 4 rings (SSSR count). The minimum absolute atomic E-state index is 0.0222. The van der Waals surface area contributed by atoms with E-state index in [0.29, 0.717) is 5.56 Å². The molecule has 0 unspecified atom stereocenters. The quantitative estimate of drug-likeness (QED) is 0.0754. The van der Waals surface area contributed by atoms with E-state index in [1.54, 1.807) is 24.3 Å². The van der Waals surface area contributed by atoms with Crippen molar-refractivity contribution in [3.63, 3.8) is 0 Å². The van der Waals surface area contributed by atoms with Gasteiger partial charge in [0.1, 0.15) is 37.1 Å². The van der Waals surface area contributed by atoms with Crippen LogP contribution in [0.2, 0.25) is 0 Å². The number of nitrogens with zero attached hydrogens (tertiary/aromatic N) is 3. The van der Waals surface area contributed by atoms with Crippen LogP contribution in [0.25, 0.3) is 10.4 Å². The molecule has 19 nitrogen and oxygen atoms in total. The van der Waals surface area contributed by atoms with E-state index in [1.165, 1.54) is 6.92 Å². The zero-order chi connectivity index (χ0) is 36.4. The first kappa shape index (κ1) is 38.4. The van der Waals surface area contributed by atoms with Crippen molar-refractivity contribution in [1.82, 2.24) is 5.32 Å². The maximum absolute atomic E-state index is 12.6. The molecule has 3 fully saturated rings. The van der Waals surface area contributed by atoms with Crippen LogP contribution in [0.1, 0.15) is 46.5 Å². The number of hydrogen-bond acceptors (Lipinski definition) is 16. The lowest BCUT2D eigenvalue weighted by Crippen LogP contribution is -2.70. The van der Waals surface area contributed by atoms with Crippen molar-refractivity contribution in [1.29, 1.82) is 0 Å². The number of fused-ring (bicyclic) bond motifs is 1. The molecular weight excluding hydrogens is 668 g/mol. The number of rotatable bonds is 13. The van der Waals surface area contributed by atoms with Crippen molar-refractivity contribution in [3.05, 3.63) is 46.3 Å². The van der Waals surface area contributed by atoms with Gasteiger partial charge in [0.25, 0.3) is 0 Å². The Kier molecular flexibility index (Phi) is 13.9. The van der Waals surface area contributed by atoms with Gasteiger partial charge in [0.15, 0.2) is 37.2 Å². The lowest BCUT2D eigenvalue weighted by Gasteiger charge is -2.51. The van der Waals surface area contributed by atoms with Crippen LogP contribution in [0, 0.1) is 0 Å². The first-order chi connectivity index (χ1) is 23.9. The summed E-state index contributed by atoms with van der Waals surface area (Å²) in [5.41, 5.74) is 9.38. The summed E-state index contributed by atoms with van der Waals surface area (Å²) in [5.74, 6) is -3.67. The Balaban J connectivity index is 1.78. The van der Waals surface area contributed by atoms with Crippen molar-refractivity contribution >= 4 is 29.8 Å². The molecule has 1 N–H and O–H groups in total. The lowest BCUT2D eigenvalue weighted by molar-refractivity contribution is -0.378. The first-order valence-electron chi connectivity index (χ1n) is 15.7. The molecule has 274 valence electrons. The molecule has 11 atom stereocenters. The summed E-state index contributed by atoms with van der Waals surface area (Å²) >= 11 is 0. The molecule has 1 aromatic rings. The van der Waals surface area contributed by atoms with Crippen LogP contribution in [0.5, 0.6) is 0 Å². The van der Waals surface area contributed by atoms with Crippen LogP contribution in [0.4, 0.5) is 0 Å². The van der Waals surface area contributed by atoms with E-state index < -0.39 is 104 Å². The first-order valence-corrected chi connectivity index (χ1v) is 15.7. The summed E-state index contributed by atoms with van der Waals surface area (Å²) < 4.78 is 58.9.